The molecule has 6 heteroatoms. The summed E-state index contributed by atoms with van der Waals surface area (Å²) in [4.78, 5) is 38.0. The predicted molar refractivity (Wildman–Crippen MR) is 275 cm³/mol. The van der Waals surface area contributed by atoms with Gasteiger partial charge in [-0.1, -0.05) is 217 Å². The monoisotopic (exact) mass is 897 g/mol. The second-order valence-corrected chi connectivity index (χ2v) is 18.5. The van der Waals surface area contributed by atoms with Crippen molar-refractivity contribution in [1.29, 1.82) is 0 Å². The summed E-state index contributed by atoms with van der Waals surface area (Å²) in [6.07, 6.45) is 63.8. The highest BCUT2D eigenvalue weighted by molar-refractivity contribution is 5.71. The van der Waals surface area contributed by atoms with Crippen molar-refractivity contribution in [3.05, 3.63) is 48.6 Å². The minimum absolute atomic E-state index is 0.0813. The Hall–Kier alpha value is -2.63. The van der Waals surface area contributed by atoms with Gasteiger partial charge in [0.2, 0.25) is 0 Å². The maximum absolute atomic E-state index is 12.8. The van der Waals surface area contributed by atoms with E-state index in [0.29, 0.717) is 19.3 Å². The first-order chi connectivity index (χ1) is 31.5. The van der Waals surface area contributed by atoms with Gasteiger partial charge in [0, 0.05) is 19.3 Å². The van der Waals surface area contributed by atoms with Crippen LogP contribution in [0.2, 0.25) is 0 Å². The van der Waals surface area contributed by atoms with E-state index in [1.165, 1.54) is 154 Å². The molecule has 0 aromatic heterocycles. The fourth-order valence-corrected chi connectivity index (χ4v) is 7.80. The smallest absolute Gasteiger partial charge is 0.306 e. The first kappa shape index (κ1) is 61.4. The summed E-state index contributed by atoms with van der Waals surface area (Å²) < 4.78 is 16.8. The van der Waals surface area contributed by atoms with Gasteiger partial charge in [-0.15, -0.1) is 0 Å². The number of esters is 3. The van der Waals surface area contributed by atoms with E-state index in [-0.39, 0.29) is 31.1 Å². The van der Waals surface area contributed by atoms with E-state index in [0.717, 1.165) is 89.9 Å². The number of hydrogen-bond acceptors (Lipinski definition) is 6. The lowest BCUT2D eigenvalue weighted by Crippen LogP contribution is -2.30. The largest absolute Gasteiger partial charge is 0.462 e. The summed E-state index contributed by atoms with van der Waals surface area (Å²) in [6.45, 7) is 6.58. The molecule has 0 aromatic rings. The maximum atomic E-state index is 12.8. The topological polar surface area (TPSA) is 78.9 Å². The van der Waals surface area contributed by atoms with E-state index in [1.54, 1.807) is 0 Å². The van der Waals surface area contributed by atoms with Crippen LogP contribution in [-0.2, 0) is 28.6 Å². The molecule has 0 saturated heterocycles. The Labute approximate surface area is 397 Å². The van der Waals surface area contributed by atoms with Gasteiger partial charge in [-0.05, 0) is 96.3 Å². The first-order valence-electron chi connectivity index (χ1n) is 27.6. The van der Waals surface area contributed by atoms with Gasteiger partial charge in [0.05, 0.1) is 0 Å². The van der Waals surface area contributed by atoms with E-state index in [2.05, 4.69) is 69.4 Å². The molecule has 0 unspecified atom stereocenters. The Morgan fingerprint density at radius 3 is 0.938 bits per heavy atom. The Kier molecular flexibility index (Phi) is 50.8. The molecule has 0 N–H and O–H groups in total. The van der Waals surface area contributed by atoms with Crippen LogP contribution in [-0.4, -0.2) is 37.2 Å². The molecule has 0 heterocycles. The molecule has 0 spiro atoms. The Morgan fingerprint density at radius 2 is 0.578 bits per heavy atom. The van der Waals surface area contributed by atoms with E-state index in [4.69, 9.17) is 14.2 Å². The summed E-state index contributed by atoms with van der Waals surface area (Å²) in [7, 11) is 0. The van der Waals surface area contributed by atoms with Crippen LogP contribution in [0.3, 0.4) is 0 Å². The van der Waals surface area contributed by atoms with Crippen LogP contribution < -0.4 is 0 Å². The minimum Gasteiger partial charge on any atom is -0.462 e. The number of carbonyl (C=O) groups excluding carboxylic acids is 3. The van der Waals surface area contributed by atoms with Crippen LogP contribution in [0.5, 0.6) is 0 Å². The number of hydrogen-bond donors (Lipinski definition) is 0. The molecule has 0 rings (SSSR count). The standard InChI is InChI=1S/C58H104O6/c1-4-7-10-13-16-19-22-25-27-28-29-30-31-34-36-39-42-45-48-51-57(60)63-54-55(53-62-56(59)50-47-44-41-38-35-32-24-21-18-15-12-9-6-3)64-58(61)52-49-46-43-40-37-33-26-23-20-17-14-11-8-5-2/h14,17,21,23-27,55H,4-13,15-16,18-20,22,28-54H2,1-3H3/b17-14+,24-21+,26-23+,27-25+/t55-/m1/s1. The zero-order valence-corrected chi connectivity index (χ0v) is 42.6. The number of ether oxygens (including phenoxy) is 3. The molecule has 0 aromatic carbocycles. The third kappa shape index (κ3) is 50.4. The van der Waals surface area contributed by atoms with E-state index < -0.39 is 6.10 Å². The lowest BCUT2D eigenvalue weighted by atomic mass is 10.1. The van der Waals surface area contributed by atoms with Crippen molar-refractivity contribution in [3.8, 4) is 0 Å². The van der Waals surface area contributed by atoms with Crippen LogP contribution in [0.1, 0.15) is 284 Å². The van der Waals surface area contributed by atoms with Gasteiger partial charge in [-0.2, -0.15) is 0 Å². The average Bonchev–Trinajstić information content (AvgIpc) is 3.29. The van der Waals surface area contributed by atoms with Crippen molar-refractivity contribution in [2.24, 2.45) is 0 Å². The van der Waals surface area contributed by atoms with Gasteiger partial charge < -0.3 is 14.2 Å². The molecule has 0 fully saturated rings. The van der Waals surface area contributed by atoms with Crippen LogP contribution in [0.4, 0.5) is 0 Å². The third-order valence-electron chi connectivity index (χ3n) is 12.0. The van der Waals surface area contributed by atoms with Crippen molar-refractivity contribution >= 4 is 17.9 Å². The number of rotatable bonds is 50. The second-order valence-electron chi connectivity index (χ2n) is 18.5. The molecule has 1 atom stereocenters. The Balaban J connectivity index is 4.35. The molecular weight excluding hydrogens is 793 g/mol. The molecule has 0 saturated carbocycles. The Bertz CT molecular complexity index is 1120. The fourth-order valence-electron chi connectivity index (χ4n) is 7.80. The zero-order valence-electron chi connectivity index (χ0n) is 42.6. The maximum Gasteiger partial charge on any atom is 0.306 e. The van der Waals surface area contributed by atoms with E-state index in [9.17, 15) is 14.4 Å². The summed E-state index contributed by atoms with van der Waals surface area (Å²) in [5.74, 6) is -0.897. The van der Waals surface area contributed by atoms with Crippen LogP contribution in [0.15, 0.2) is 48.6 Å². The number of allylic oxidation sites excluding steroid dienone is 8. The summed E-state index contributed by atoms with van der Waals surface area (Å²) >= 11 is 0. The van der Waals surface area contributed by atoms with Crippen molar-refractivity contribution < 1.29 is 28.6 Å². The lowest BCUT2D eigenvalue weighted by Gasteiger charge is -2.18. The van der Waals surface area contributed by atoms with Gasteiger partial charge in [-0.25, -0.2) is 0 Å². The summed E-state index contributed by atoms with van der Waals surface area (Å²) in [5, 5.41) is 0. The van der Waals surface area contributed by atoms with Gasteiger partial charge in [0.1, 0.15) is 13.2 Å². The molecule has 0 aliphatic heterocycles. The number of unbranched alkanes of at least 4 members (excludes halogenated alkanes) is 31. The van der Waals surface area contributed by atoms with Gasteiger partial charge in [-0.3, -0.25) is 14.4 Å². The normalized spacial score (nSPS) is 12.4. The quantitative estimate of drug-likeness (QED) is 0.0262. The second kappa shape index (κ2) is 53.0. The SMILES string of the molecule is CCCC/C=C/C/C=C/CCCCCCCC(=O)O[C@H](COC(=O)CCCCCCC/C=C/CCCCCC)COC(=O)CCCCCCCCCCC/C=C/CCCCCCCC. The highest BCUT2D eigenvalue weighted by atomic mass is 16.6. The van der Waals surface area contributed by atoms with Crippen LogP contribution in [0, 0.1) is 0 Å². The molecule has 0 aliphatic carbocycles. The van der Waals surface area contributed by atoms with Gasteiger partial charge in [0.25, 0.3) is 0 Å². The van der Waals surface area contributed by atoms with E-state index >= 15 is 0 Å². The molecule has 64 heavy (non-hydrogen) atoms. The lowest BCUT2D eigenvalue weighted by molar-refractivity contribution is -0.167. The minimum atomic E-state index is -0.783. The molecule has 372 valence electrons. The molecule has 0 bridgehead atoms. The van der Waals surface area contributed by atoms with Crippen molar-refractivity contribution in [2.45, 2.75) is 290 Å². The molecule has 0 radical (unpaired) electrons. The van der Waals surface area contributed by atoms with Gasteiger partial charge in [0.15, 0.2) is 6.10 Å². The average molecular weight is 897 g/mol. The fraction of sp³-hybridized carbons (Fsp3) is 0.810. The number of carbonyl (C=O) groups is 3. The third-order valence-corrected chi connectivity index (χ3v) is 12.0. The zero-order chi connectivity index (χ0) is 46.5. The van der Waals surface area contributed by atoms with Crippen LogP contribution >= 0.6 is 0 Å². The molecule has 6 nitrogen and oxygen atoms in total. The Morgan fingerprint density at radius 1 is 0.312 bits per heavy atom. The van der Waals surface area contributed by atoms with Crippen molar-refractivity contribution in [2.75, 3.05) is 13.2 Å². The first-order valence-corrected chi connectivity index (χ1v) is 27.6. The predicted octanol–water partition coefficient (Wildman–Crippen LogP) is 18.3. The van der Waals surface area contributed by atoms with Crippen molar-refractivity contribution in [1.82, 2.24) is 0 Å². The molecule has 0 amide bonds. The highest BCUT2D eigenvalue weighted by Crippen LogP contribution is 2.15. The van der Waals surface area contributed by atoms with Gasteiger partial charge >= 0.3 is 17.9 Å². The molecule has 0 aliphatic rings. The summed E-state index contributed by atoms with van der Waals surface area (Å²) in [6, 6.07) is 0. The summed E-state index contributed by atoms with van der Waals surface area (Å²) in [5.41, 5.74) is 0. The highest BCUT2D eigenvalue weighted by Gasteiger charge is 2.19. The van der Waals surface area contributed by atoms with Crippen LogP contribution in [0.25, 0.3) is 0 Å². The molecular formula is C58H104O6. The van der Waals surface area contributed by atoms with Crippen molar-refractivity contribution in [3.63, 3.8) is 0 Å². The van der Waals surface area contributed by atoms with E-state index in [1.807, 2.05) is 0 Å².